The zero-order valence-electron chi connectivity index (χ0n) is 43.7. The number of hydrogen-bond donors (Lipinski definition) is 7. The Bertz CT molecular complexity index is 3180. The van der Waals surface area contributed by atoms with Crippen LogP contribution in [0.2, 0.25) is 0 Å². The van der Waals surface area contributed by atoms with Gasteiger partial charge in [0.25, 0.3) is 0 Å². The summed E-state index contributed by atoms with van der Waals surface area (Å²) in [5.41, 5.74) is 16.7. The summed E-state index contributed by atoms with van der Waals surface area (Å²) in [6.45, 7) is 7.71. The third-order valence-corrected chi connectivity index (χ3v) is 14.7. The number of nitrogens with one attached hydrogen (secondary N) is 4. The predicted octanol–water partition coefficient (Wildman–Crippen LogP) is 7.16. The Kier molecular flexibility index (Phi) is 19.5. The van der Waals surface area contributed by atoms with Crippen molar-refractivity contribution >= 4 is 84.3 Å². The van der Waals surface area contributed by atoms with E-state index in [0.717, 1.165) is 50.4 Å². The van der Waals surface area contributed by atoms with Gasteiger partial charge >= 0.3 is 12.0 Å². The Morgan fingerprint density at radius 3 is 2.56 bits per heavy atom. The SMILES string of the molecule is C#CCOCc1cc(NC(=O)C(CCCNC(N)=O)NC(=O)C(N)C(C)C)ccc1C[N+](C)(C)CC#Cc1ccc(OCCCc2sc(N3CCCc4c3nnc(Nc3nc5ccccc5s3)c4C)nc2C(=O)O)c(F)c1. The fourth-order valence-corrected chi connectivity index (χ4v) is 10.5. The Morgan fingerprint density at radius 2 is 1.82 bits per heavy atom. The lowest BCUT2D eigenvalue weighted by Gasteiger charge is -2.28. The number of carbonyl (C=O) groups is 4. The number of benzene rings is 3. The molecule has 0 fully saturated rings. The van der Waals surface area contributed by atoms with E-state index in [-0.39, 0.29) is 50.1 Å². The van der Waals surface area contributed by atoms with Crippen molar-refractivity contribution in [3.63, 3.8) is 0 Å². The van der Waals surface area contributed by atoms with Crippen molar-refractivity contribution < 1.29 is 42.6 Å². The maximum absolute atomic E-state index is 15.4. The molecule has 3 aromatic carbocycles. The highest BCUT2D eigenvalue weighted by Crippen LogP contribution is 2.39. The summed E-state index contributed by atoms with van der Waals surface area (Å²) in [6.07, 6.45) is 8.41. The number of terminal acetylenes is 1. The van der Waals surface area contributed by atoms with Gasteiger partial charge in [-0.25, -0.2) is 23.9 Å². The van der Waals surface area contributed by atoms with E-state index < -0.39 is 41.7 Å². The van der Waals surface area contributed by atoms with Gasteiger partial charge in [-0.2, -0.15) is 0 Å². The lowest BCUT2D eigenvalue weighted by molar-refractivity contribution is -0.896. The number of urea groups is 1. The van der Waals surface area contributed by atoms with Crippen molar-refractivity contribution in [1.82, 2.24) is 30.8 Å². The number of nitrogens with two attached hydrogens (primary N) is 2. The normalized spacial score (nSPS) is 12.9. The molecule has 0 radical (unpaired) electrons. The van der Waals surface area contributed by atoms with E-state index in [4.69, 9.17) is 27.4 Å². The lowest BCUT2D eigenvalue weighted by Crippen LogP contribution is -2.51. The summed E-state index contributed by atoms with van der Waals surface area (Å²) >= 11 is 2.83. The number of hydrogen-bond acceptors (Lipinski definition) is 15. The summed E-state index contributed by atoms with van der Waals surface area (Å²) in [7, 11) is 4.01. The van der Waals surface area contributed by atoms with Crippen LogP contribution < -0.4 is 42.4 Å². The number of quaternary nitrogens is 1. The average molecular weight is 1090 g/mol. The molecule has 22 heteroatoms. The molecule has 1 aliphatic heterocycles. The van der Waals surface area contributed by atoms with Gasteiger partial charge in [0.15, 0.2) is 39.2 Å². The standard InChI is InChI=1S/C55H63FN12O7S2/c1-7-27-74-32-37-30-38(60-50(69)42(17-10-24-59-53(58)73)61-51(70)46(57)33(2)3)22-21-36(37)31-68(5,6)26-12-14-35-20-23-43(40(56)29-35)75-28-13-19-45-47(52(71)72)63-55(77-45)67-25-11-15-39-34(4)48(65-66-49(39)67)64-54-62-41-16-8-9-18-44(41)76-54/h1,8-9,16,18,20-23,29-30,33,42,46H,10-11,13,15,17,19,24-28,31-32,57H2,2-6H3,(H6-,58,59,60,61,62,64,65,69,70,71,72,73)/p+1. The van der Waals surface area contributed by atoms with Gasteiger partial charge in [-0.05, 0) is 105 Å². The number of aryl methyl sites for hydroxylation is 1. The summed E-state index contributed by atoms with van der Waals surface area (Å²) in [6, 6.07) is 15.4. The van der Waals surface area contributed by atoms with Crippen molar-refractivity contribution in [2.24, 2.45) is 17.4 Å². The second-order valence-electron chi connectivity index (χ2n) is 19.5. The molecule has 0 saturated carbocycles. The summed E-state index contributed by atoms with van der Waals surface area (Å²) in [5.74, 6) is 7.23. The summed E-state index contributed by atoms with van der Waals surface area (Å²) < 4.78 is 28.4. The Labute approximate surface area is 454 Å². The molecule has 9 N–H and O–H groups in total. The summed E-state index contributed by atoms with van der Waals surface area (Å²) in [4.78, 5) is 61.8. The molecule has 2 unspecified atom stereocenters. The highest BCUT2D eigenvalue weighted by atomic mass is 32.1. The van der Waals surface area contributed by atoms with E-state index in [1.165, 1.54) is 34.8 Å². The van der Waals surface area contributed by atoms with Crippen molar-refractivity contribution in [3.8, 4) is 29.9 Å². The molecule has 0 bridgehead atoms. The van der Waals surface area contributed by atoms with Gasteiger partial charge in [0.1, 0.15) is 25.7 Å². The van der Waals surface area contributed by atoms with E-state index in [2.05, 4.69) is 59.2 Å². The number of aromatic nitrogens is 4. The highest BCUT2D eigenvalue weighted by molar-refractivity contribution is 7.22. The molecule has 1 aliphatic rings. The number of primary amides is 1. The maximum Gasteiger partial charge on any atom is 0.355 e. The van der Waals surface area contributed by atoms with E-state index in [1.807, 2.05) is 70.1 Å². The van der Waals surface area contributed by atoms with Crippen LogP contribution in [0.5, 0.6) is 5.75 Å². The number of fused-ring (bicyclic) bond motifs is 2. The molecule has 77 heavy (non-hydrogen) atoms. The molecule has 0 aliphatic carbocycles. The number of halogens is 1. The molecule has 0 saturated heterocycles. The number of carboxylic acids is 1. The monoisotopic (exact) mass is 1090 g/mol. The molecule has 4 amide bonds. The van der Waals surface area contributed by atoms with E-state index in [9.17, 15) is 24.3 Å². The van der Waals surface area contributed by atoms with Crippen LogP contribution >= 0.6 is 22.7 Å². The van der Waals surface area contributed by atoms with Gasteiger partial charge in [0.05, 0.1) is 43.6 Å². The number of para-hydroxylation sites is 1. The first-order valence-corrected chi connectivity index (χ1v) is 26.8. The molecular formula is C55H64FN12O7S2+. The first kappa shape index (κ1) is 57.0. The van der Waals surface area contributed by atoms with Crippen LogP contribution in [0.3, 0.4) is 0 Å². The van der Waals surface area contributed by atoms with Crippen LogP contribution in [0.1, 0.15) is 82.7 Å². The minimum atomic E-state index is -1.14. The molecular weight excluding hydrogens is 1020 g/mol. The number of amides is 4. The molecule has 6 aromatic rings. The number of aromatic carboxylic acids is 1. The van der Waals surface area contributed by atoms with E-state index in [0.29, 0.717) is 76.3 Å². The van der Waals surface area contributed by atoms with Crippen LogP contribution in [-0.4, -0.2) is 113 Å². The predicted molar refractivity (Wildman–Crippen MR) is 297 cm³/mol. The minimum absolute atomic E-state index is 0.0350. The minimum Gasteiger partial charge on any atom is -0.491 e. The third-order valence-electron chi connectivity index (χ3n) is 12.6. The third kappa shape index (κ3) is 15.5. The van der Waals surface area contributed by atoms with Gasteiger partial charge in [-0.15, -0.1) is 28.0 Å². The molecule has 2 atom stereocenters. The lowest BCUT2D eigenvalue weighted by atomic mass is 10.0. The van der Waals surface area contributed by atoms with E-state index >= 15 is 4.39 Å². The molecule has 4 heterocycles. The zero-order chi connectivity index (χ0) is 55.2. The summed E-state index contributed by atoms with van der Waals surface area (Å²) in [5, 5.41) is 32.0. The van der Waals surface area contributed by atoms with Crippen molar-refractivity contribution in [3.05, 3.63) is 105 Å². The number of rotatable bonds is 24. The van der Waals surface area contributed by atoms with Crippen LogP contribution in [0.4, 0.5) is 36.8 Å². The van der Waals surface area contributed by atoms with Crippen molar-refractivity contribution in [2.45, 2.75) is 84.5 Å². The second-order valence-corrected chi connectivity index (χ2v) is 21.6. The molecule has 19 nitrogen and oxygen atoms in total. The van der Waals surface area contributed by atoms with Crippen molar-refractivity contribution in [2.75, 3.05) is 62.5 Å². The van der Waals surface area contributed by atoms with Crippen LogP contribution in [-0.2, 0) is 40.3 Å². The van der Waals surface area contributed by atoms with Gasteiger partial charge in [-0.1, -0.05) is 55.2 Å². The van der Waals surface area contributed by atoms with Crippen molar-refractivity contribution in [1.29, 1.82) is 0 Å². The fraction of sp³-hybridized carbons (Fsp3) is 0.382. The average Bonchev–Trinajstić information content (AvgIpc) is 4.08. The number of nitrogens with zero attached hydrogens (tertiary/aromatic N) is 6. The van der Waals surface area contributed by atoms with Gasteiger partial charge in [0.2, 0.25) is 11.8 Å². The van der Waals surface area contributed by atoms with Crippen LogP contribution in [0.15, 0.2) is 60.7 Å². The Morgan fingerprint density at radius 1 is 1.01 bits per heavy atom. The first-order chi connectivity index (χ1) is 36.9. The molecule has 404 valence electrons. The number of anilines is 5. The first-order valence-electron chi connectivity index (χ1n) is 25.1. The van der Waals surface area contributed by atoms with Crippen LogP contribution in [0.25, 0.3) is 10.2 Å². The quantitative estimate of drug-likeness (QED) is 0.0180. The van der Waals surface area contributed by atoms with Gasteiger partial charge in [-0.3, -0.25) is 9.59 Å². The second kappa shape index (κ2) is 26.4. The molecule has 7 rings (SSSR count). The largest absolute Gasteiger partial charge is 0.491 e. The van der Waals surface area contributed by atoms with Gasteiger partial charge < -0.3 is 56.7 Å². The number of carboxylic acid groups (broad SMARTS) is 1. The van der Waals surface area contributed by atoms with Gasteiger partial charge in [0, 0.05) is 45.9 Å². The number of carbonyl (C=O) groups excluding carboxylic acids is 3. The molecule has 0 spiro atoms. The van der Waals surface area contributed by atoms with Crippen LogP contribution in [0, 0.1) is 42.8 Å². The zero-order valence-corrected chi connectivity index (χ0v) is 45.3. The highest BCUT2D eigenvalue weighted by Gasteiger charge is 2.30. The molecule has 3 aromatic heterocycles. The van der Waals surface area contributed by atoms with E-state index in [1.54, 1.807) is 18.2 Å². The Hall–Kier alpha value is -7.73. The maximum atomic E-state index is 15.4. The smallest absolute Gasteiger partial charge is 0.355 e. The number of ether oxygens (including phenoxy) is 2. The number of thiazole rings is 2. The topological polar surface area (TPSA) is 262 Å². The Balaban J connectivity index is 0.934. The fourth-order valence-electron chi connectivity index (χ4n) is 8.48.